The van der Waals surface area contributed by atoms with Crippen molar-refractivity contribution in [2.45, 2.75) is 6.61 Å². The molecule has 1 aromatic heterocycles. The number of aromatic amines is 1. The monoisotopic (exact) mass is 318 g/mol. The van der Waals surface area contributed by atoms with E-state index in [-0.39, 0.29) is 17.1 Å². The Labute approximate surface area is 129 Å². The van der Waals surface area contributed by atoms with E-state index in [1.165, 1.54) is 19.2 Å². The molecule has 0 spiro atoms. The molecule has 3 rings (SSSR count). The second-order valence-electron chi connectivity index (χ2n) is 4.69. The normalized spacial score (nSPS) is 11.0. The number of hydrogen-bond acceptors (Lipinski definition) is 4. The minimum Gasteiger partial charge on any atom is -0.493 e. The number of alkyl halides is 2. The van der Waals surface area contributed by atoms with Crippen molar-refractivity contribution in [3.8, 4) is 22.8 Å². The fourth-order valence-corrected chi connectivity index (χ4v) is 2.34. The molecule has 1 heterocycles. The molecule has 0 radical (unpaired) electrons. The molecule has 5 nitrogen and oxygen atoms in total. The summed E-state index contributed by atoms with van der Waals surface area (Å²) in [5.41, 5.74) is 0.826. The van der Waals surface area contributed by atoms with Gasteiger partial charge >= 0.3 is 6.61 Å². The fourth-order valence-electron chi connectivity index (χ4n) is 2.34. The van der Waals surface area contributed by atoms with E-state index in [9.17, 15) is 13.6 Å². The molecule has 0 unspecified atom stereocenters. The highest BCUT2D eigenvalue weighted by Crippen LogP contribution is 2.34. The van der Waals surface area contributed by atoms with Gasteiger partial charge in [-0.25, -0.2) is 5.10 Å². The van der Waals surface area contributed by atoms with Gasteiger partial charge in [0.05, 0.1) is 18.2 Å². The Kier molecular flexibility index (Phi) is 3.92. The fraction of sp³-hybridized carbons (Fsp3) is 0.125. The Morgan fingerprint density at radius 2 is 1.83 bits per heavy atom. The molecule has 3 aromatic rings. The Balaban J connectivity index is 2.16. The predicted octanol–water partition coefficient (Wildman–Crippen LogP) is 3.20. The molecule has 0 atom stereocenters. The van der Waals surface area contributed by atoms with Crippen LogP contribution in [0, 0.1) is 0 Å². The van der Waals surface area contributed by atoms with Gasteiger partial charge in [0.15, 0.2) is 11.5 Å². The first-order valence-electron chi connectivity index (χ1n) is 6.71. The van der Waals surface area contributed by atoms with Crippen molar-refractivity contribution in [2.75, 3.05) is 7.11 Å². The number of aromatic nitrogens is 2. The largest absolute Gasteiger partial charge is 0.493 e. The zero-order chi connectivity index (χ0) is 16.4. The molecule has 0 fully saturated rings. The van der Waals surface area contributed by atoms with Crippen molar-refractivity contribution in [1.29, 1.82) is 0 Å². The van der Waals surface area contributed by atoms with E-state index in [0.717, 1.165) is 0 Å². The maximum absolute atomic E-state index is 12.4. The summed E-state index contributed by atoms with van der Waals surface area (Å²) < 4.78 is 34.2. The summed E-state index contributed by atoms with van der Waals surface area (Å²) in [6.45, 7) is -2.94. The van der Waals surface area contributed by atoms with Gasteiger partial charge in [-0.05, 0) is 24.3 Å². The Hall–Kier alpha value is -2.96. The second kappa shape index (κ2) is 6.04. The van der Waals surface area contributed by atoms with E-state index < -0.39 is 6.61 Å². The molecule has 1 N–H and O–H groups in total. The number of H-pyrrole nitrogens is 1. The average molecular weight is 318 g/mol. The van der Waals surface area contributed by atoms with E-state index in [4.69, 9.17) is 4.74 Å². The predicted molar refractivity (Wildman–Crippen MR) is 81.0 cm³/mol. The van der Waals surface area contributed by atoms with E-state index in [1.54, 1.807) is 30.3 Å². The summed E-state index contributed by atoms with van der Waals surface area (Å²) >= 11 is 0. The van der Waals surface area contributed by atoms with Crippen LogP contribution in [0.15, 0.2) is 47.3 Å². The van der Waals surface area contributed by atoms with Crippen molar-refractivity contribution in [1.82, 2.24) is 10.2 Å². The lowest BCUT2D eigenvalue weighted by Gasteiger charge is -2.12. The minimum absolute atomic E-state index is 0.0695. The van der Waals surface area contributed by atoms with Crippen LogP contribution in [0.3, 0.4) is 0 Å². The molecule has 0 aliphatic carbocycles. The van der Waals surface area contributed by atoms with E-state index in [2.05, 4.69) is 14.9 Å². The average Bonchev–Trinajstić information content (AvgIpc) is 2.55. The lowest BCUT2D eigenvalue weighted by molar-refractivity contribution is -0.0512. The molecule has 7 heteroatoms. The van der Waals surface area contributed by atoms with Crippen LogP contribution in [0.25, 0.3) is 22.0 Å². The third-order valence-corrected chi connectivity index (χ3v) is 3.35. The number of methoxy groups -OCH3 is 1. The Morgan fingerprint density at radius 3 is 2.52 bits per heavy atom. The number of ether oxygens (including phenoxy) is 2. The number of fused-ring (bicyclic) bond motifs is 1. The first kappa shape index (κ1) is 15.0. The molecule has 0 saturated carbocycles. The summed E-state index contributed by atoms with van der Waals surface area (Å²) in [6.07, 6.45) is 0. The number of rotatable bonds is 4. The zero-order valence-electron chi connectivity index (χ0n) is 12.0. The third-order valence-electron chi connectivity index (χ3n) is 3.35. The van der Waals surface area contributed by atoms with Gasteiger partial charge in [0.2, 0.25) is 0 Å². The molecular formula is C16H12F2N2O3. The number of benzene rings is 2. The first-order chi connectivity index (χ1) is 11.1. The van der Waals surface area contributed by atoms with Gasteiger partial charge in [0, 0.05) is 10.9 Å². The summed E-state index contributed by atoms with van der Waals surface area (Å²) in [4.78, 5) is 11.8. The number of nitrogens with one attached hydrogen (secondary N) is 1. The summed E-state index contributed by atoms with van der Waals surface area (Å²) in [6, 6.07) is 11.5. The Morgan fingerprint density at radius 1 is 1.09 bits per heavy atom. The maximum atomic E-state index is 12.4. The van der Waals surface area contributed by atoms with Gasteiger partial charge in [0.1, 0.15) is 0 Å². The Bertz CT molecular complexity index is 909. The summed E-state index contributed by atoms with van der Waals surface area (Å²) in [5.74, 6) is 0.0832. The summed E-state index contributed by atoms with van der Waals surface area (Å²) in [5, 5.41) is 7.63. The van der Waals surface area contributed by atoms with Crippen LogP contribution in [0.4, 0.5) is 8.78 Å². The van der Waals surface area contributed by atoms with Gasteiger partial charge in [-0.3, -0.25) is 4.79 Å². The van der Waals surface area contributed by atoms with Gasteiger partial charge in [-0.15, -0.1) is 0 Å². The quantitative estimate of drug-likeness (QED) is 0.802. The molecular weight excluding hydrogens is 306 g/mol. The molecule has 0 saturated heterocycles. The van der Waals surface area contributed by atoms with Crippen molar-refractivity contribution in [3.63, 3.8) is 0 Å². The van der Waals surface area contributed by atoms with Gasteiger partial charge in [-0.2, -0.15) is 13.9 Å². The number of nitrogens with zero attached hydrogens (tertiary/aromatic N) is 1. The van der Waals surface area contributed by atoms with Gasteiger partial charge in [0.25, 0.3) is 5.56 Å². The SMILES string of the molecule is COc1cc(-c2n[nH]c(=O)c3ccccc23)ccc1OC(F)F. The van der Waals surface area contributed by atoms with Crippen LogP contribution in [0.5, 0.6) is 11.5 Å². The molecule has 0 amide bonds. The minimum atomic E-state index is -2.94. The van der Waals surface area contributed by atoms with Crippen molar-refractivity contribution < 1.29 is 18.3 Å². The third kappa shape index (κ3) is 2.85. The van der Waals surface area contributed by atoms with Crippen molar-refractivity contribution >= 4 is 10.8 Å². The molecule has 2 aromatic carbocycles. The second-order valence-corrected chi connectivity index (χ2v) is 4.69. The number of halogens is 2. The maximum Gasteiger partial charge on any atom is 0.387 e. The molecule has 23 heavy (non-hydrogen) atoms. The highest BCUT2D eigenvalue weighted by Gasteiger charge is 2.14. The molecule has 0 bridgehead atoms. The smallest absolute Gasteiger partial charge is 0.387 e. The van der Waals surface area contributed by atoms with Crippen LogP contribution in [-0.2, 0) is 0 Å². The van der Waals surface area contributed by atoms with Gasteiger partial charge < -0.3 is 9.47 Å². The van der Waals surface area contributed by atoms with Crippen LogP contribution in [0.2, 0.25) is 0 Å². The first-order valence-corrected chi connectivity index (χ1v) is 6.71. The lowest BCUT2D eigenvalue weighted by atomic mass is 10.0. The number of hydrogen-bond donors (Lipinski definition) is 1. The molecule has 0 aliphatic heterocycles. The van der Waals surface area contributed by atoms with Crippen molar-refractivity contribution in [2.24, 2.45) is 0 Å². The van der Waals surface area contributed by atoms with E-state index in [0.29, 0.717) is 22.0 Å². The van der Waals surface area contributed by atoms with Crippen LogP contribution >= 0.6 is 0 Å². The van der Waals surface area contributed by atoms with Crippen molar-refractivity contribution in [3.05, 3.63) is 52.8 Å². The van der Waals surface area contributed by atoms with E-state index in [1.807, 2.05) is 0 Å². The van der Waals surface area contributed by atoms with Crippen LogP contribution < -0.4 is 15.0 Å². The van der Waals surface area contributed by atoms with Crippen LogP contribution in [-0.4, -0.2) is 23.9 Å². The van der Waals surface area contributed by atoms with Gasteiger partial charge in [-0.1, -0.05) is 18.2 Å². The topological polar surface area (TPSA) is 64.2 Å². The van der Waals surface area contributed by atoms with Crippen LogP contribution in [0.1, 0.15) is 0 Å². The standard InChI is InChI=1S/C16H12F2N2O3/c1-22-13-8-9(6-7-12(13)23-16(17)18)14-10-4-2-3-5-11(10)15(21)20-19-14/h2-8,16H,1H3,(H,20,21). The molecule has 118 valence electrons. The zero-order valence-corrected chi connectivity index (χ0v) is 12.0. The summed E-state index contributed by atoms with van der Waals surface area (Å²) in [7, 11) is 1.36. The highest BCUT2D eigenvalue weighted by molar-refractivity contribution is 5.93. The highest BCUT2D eigenvalue weighted by atomic mass is 19.3. The molecule has 0 aliphatic rings. The van der Waals surface area contributed by atoms with E-state index >= 15 is 0 Å². The lowest BCUT2D eigenvalue weighted by Crippen LogP contribution is -2.09.